The van der Waals surface area contributed by atoms with Gasteiger partial charge >= 0.3 is 12.0 Å². The van der Waals surface area contributed by atoms with Crippen LogP contribution in [0.4, 0.5) is 4.79 Å². The van der Waals surface area contributed by atoms with Gasteiger partial charge in [-0.1, -0.05) is 6.42 Å². The zero-order chi connectivity index (χ0) is 15.5. The number of carboxylic acids is 1. The predicted molar refractivity (Wildman–Crippen MR) is 76.7 cm³/mol. The lowest BCUT2D eigenvalue weighted by atomic mass is 9.96. The maximum atomic E-state index is 12.1. The molecule has 1 aliphatic carbocycles. The lowest BCUT2D eigenvalue weighted by molar-refractivity contribution is -0.142. The first-order chi connectivity index (χ1) is 9.89. The maximum Gasteiger partial charge on any atom is 0.317 e. The SMILES string of the molecule is O=C(O)C1CCCC1CNC(=O)N1CCCS(=O)(=O)CC1. The molecule has 8 heteroatoms. The molecule has 120 valence electrons. The first-order valence-corrected chi connectivity index (χ1v) is 9.17. The summed E-state index contributed by atoms with van der Waals surface area (Å²) in [5, 5.41) is 11.9. The Hall–Kier alpha value is -1.31. The third-order valence-electron chi connectivity index (χ3n) is 4.33. The molecule has 7 nitrogen and oxygen atoms in total. The van der Waals surface area contributed by atoms with Gasteiger partial charge in [0.15, 0.2) is 9.84 Å². The van der Waals surface area contributed by atoms with Crippen LogP contribution >= 0.6 is 0 Å². The molecule has 0 spiro atoms. The largest absolute Gasteiger partial charge is 0.481 e. The fraction of sp³-hybridized carbons (Fsp3) is 0.846. The molecule has 0 radical (unpaired) electrons. The zero-order valence-corrected chi connectivity index (χ0v) is 12.8. The van der Waals surface area contributed by atoms with Gasteiger partial charge in [-0.05, 0) is 25.2 Å². The van der Waals surface area contributed by atoms with Crippen molar-refractivity contribution in [1.29, 1.82) is 0 Å². The van der Waals surface area contributed by atoms with E-state index in [4.69, 9.17) is 5.11 Å². The van der Waals surface area contributed by atoms with E-state index in [2.05, 4.69) is 5.32 Å². The van der Waals surface area contributed by atoms with Crippen molar-refractivity contribution in [3.63, 3.8) is 0 Å². The summed E-state index contributed by atoms with van der Waals surface area (Å²) in [4.78, 5) is 24.7. The highest BCUT2D eigenvalue weighted by Gasteiger charge is 2.33. The van der Waals surface area contributed by atoms with Gasteiger partial charge in [-0.15, -0.1) is 0 Å². The van der Waals surface area contributed by atoms with Crippen molar-refractivity contribution in [3.8, 4) is 0 Å². The van der Waals surface area contributed by atoms with E-state index in [1.54, 1.807) is 0 Å². The standard InChI is InChI=1S/C13H22N2O5S/c16-12(17)11-4-1-3-10(11)9-14-13(18)15-5-2-7-21(19,20)8-6-15/h10-11H,1-9H2,(H,14,18)(H,16,17). The monoisotopic (exact) mass is 318 g/mol. The fourth-order valence-electron chi connectivity index (χ4n) is 3.08. The molecule has 0 aromatic carbocycles. The second kappa shape index (κ2) is 6.64. The van der Waals surface area contributed by atoms with Crippen LogP contribution in [-0.4, -0.2) is 61.6 Å². The molecule has 1 heterocycles. The van der Waals surface area contributed by atoms with Crippen LogP contribution in [0.3, 0.4) is 0 Å². The number of hydrogen-bond donors (Lipinski definition) is 2. The van der Waals surface area contributed by atoms with Gasteiger partial charge in [0.2, 0.25) is 0 Å². The number of sulfone groups is 1. The summed E-state index contributed by atoms with van der Waals surface area (Å²) in [6.45, 7) is 0.984. The van der Waals surface area contributed by atoms with Crippen LogP contribution in [0.5, 0.6) is 0 Å². The molecule has 1 saturated heterocycles. The lowest BCUT2D eigenvalue weighted by Crippen LogP contribution is -2.44. The molecule has 2 amide bonds. The maximum absolute atomic E-state index is 12.1. The average Bonchev–Trinajstić information content (AvgIpc) is 2.80. The highest BCUT2D eigenvalue weighted by atomic mass is 32.2. The van der Waals surface area contributed by atoms with E-state index in [-0.39, 0.29) is 35.9 Å². The molecule has 1 saturated carbocycles. The Bertz CT molecular complexity index is 505. The van der Waals surface area contributed by atoms with Crippen LogP contribution in [0.1, 0.15) is 25.7 Å². The van der Waals surface area contributed by atoms with E-state index in [1.807, 2.05) is 0 Å². The molecule has 0 aromatic heterocycles. The normalized spacial score (nSPS) is 28.9. The van der Waals surface area contributed by atoms with Crippen molar-refractivity contribution in [2.45, 2.75) is 25.7 Å². The number of aliphatic carboxylic acids is 1. The van der Waals surface area contributed by atoms with E-state index in [0.717, 1.165) is 12.8 Å². The minimum atomic E-state index is -3.04. The van der Waals surface area contributed by atoms with Gasteiger partial charge in [-0.2, -0.15) is 0 Å². The molecular formula is C13H22N2O5S. The van der Waals surface area contributed by atoms with E-state index >= 15 is 0 Å². The number of carbonyl (C=O) groups excluding carboxylic acids is 1. The molecule has 0 bridgehead atoms. The third kappa shape index (κ3) is 4.33. The summed E-state index contributed by atoms with van der Waals surface area (Å²) in [6.07, 6.45) is 2.81. The number of rotatable bonds is 3. The summed E-state index contributed by atoms with van der Waals surface area (Å²) >= 11 is 0. The number of urea groups is 1. The summed E-state index contributed by atoms with van der Waals surface area (Å²) < 4.78 is 23.0. The smallest absolute Gasteiger partial charge is 0.317 e. The molecule has 2 atom stereocenters. The van der Waals surface area contributed by atoms with E-state index in [9.17, 15) is 18.0 Å². The molecular weight excluding hydrogens is 296 g/mol. The summed E-state index contributed by atoms with van der Waals surface area (Å²) in [5.74, 6) is -1.08. The van der Waals surface area contributed by atoms with Crippen molar-refractivity contribution in [3.05, 3.63) is 0 Å². The summed E-state index contributed by atoms with van der Waals surface area (Å²) in [5.41, 5.74) is 0. The van der Waals surface area contributed by atoms with Crippen LogP contribution in [0.15, 0.2) is 0 Å². The van der Waals surface area contributed by atoms with Crippen LogP contribution in [0, 0.1) is 11.8 Å². The second-order valence-corrected chi connectivity index (χ2v) is 8.12. The topological polar surface area (TPSA) is 104 Å². The molecule has 2 rings (SSSR count). The van der Waals surface area contributed by atoms with E-state index in [1.165, 1.54) is 4.90 Å². The Morgan fingerprint density at radius 3 is 2.62 bits per heavy atom. The Morgan fingerprint density at radius 2 is 1.90 bits per heavy atom. The summed E-state index contributed by atoms with van der Waals surface area (Å²) in [6, 6.07) is -0.289. The molecule has 2 aliphatic rings. The van der Waals surface area contributed by atoms with Gasteiger partial charge in [0.25, 0.3) is 0 Å². The number of hydrogen-bond acceptors (Lipinski definition) is 4. The minimum Gasteiger partial charge on any atom is -0.481 e. The molecule has 2 N–H and O–H groups in total. The Labute approximate surface area is 124 Å². The van der Waals surface area contributed by atoms with Crippen LogP contribution in [0.2, 0.25) is 0 Å². The highest BCUT2D eigenvalue weighted by molar-refractivity contribution is 7.91. The van der Waals surface area contributed by atoms with E-state index in [0.29, 0.717) is 25.9 Å². The Kier molecular flexibility index (Phi) is 5.08. The quantitative estimate of drug-likeness (QED) is 0.780. The molecule has 2 unspecified atom stereocenters. The van der Waals surface area contributed by atoms with Crippen molar-refractivity contribution >= 4 is 21.8 Å². The minimum absolute atomic E-state index is 0.00159. The van der Waals surface area contributed by atoms with Crippen molar-refractivity contribution in [2.75, 3.05) is 31.1 Å². The average molecular weight is 318 g/mol. The van der Waals surface area contributed by atoms with Gasteiger partial charge in [-0.25, -0.2) is 13.2 Å². The number of nitrogens with one attached hydrogen (secondary N) is 1. The van der Waals surface area contributed by atoms with Gasteiger partial charge in [0, 0.05) is 19.6 Å². The van der Waals surface area contributed by atoms with Crippen LogP contribution < -0.4 is 5.32 Å². The van der Waals surface area contributed by atoms with Crippen LogP contribution in [0.25, 0.3) is 0 Å². The number of carboxylic acid groups (broad SMARTS) is 1. The lowest BCUT2D eigenvalue weighted by Gasteiger charge is -2.22. The number of carbonyl (C=O) groups is 2. The van der Waals surface area contributed by atoms with Crippen LogP contribution in [-0.2, 0) is 14.6 Å². The predicted octanol–water partition coefficient (Wildman–Crippen LogP) is 0.317. The molecule has 2 fully saturated rings. The third-order valence-corrected chi connectivity index (χ3v) is 6.05. The molecule has 0 aromatic rings. The van der Waals surface area contributed by atoms with Crippen molar-refractivity contribution in [1.82, 2.24) is 10.2 Å². The Morgan fingerprint density at radius 1 is 1.14 bits per heavy atom. The summed E-state index contributed by atoms with van der Waals surface area (Å²) in [7, 11) is -3.04. The first kappa shape index (κ1) is 16.1. The number of amides is 2. The van der Waals surface area contributed by atoms with Gasteiger partial charge in [0.1, 0.15) is 0 Å². The number of nitrogens with zero attached hydrogens (tertiary/aromatic N) is 1. The van der Waals surface area contributed by atoms with Crippen molar-refractivity contribution < 1.29 is 23.1 Å². The van der Waals surface area contributed by atoms with Crippen molar-refractivity contribution in [2.24, 2.45) is 11.8 Å². The fourth-order valence-corrected chi connectivity index (χ4v) is 4.35. The second-order valence-electron chi connectivity index (χ2n) is 5.81. The zero-order valence-electron chi connectivity index (χ0n) is 12.0. The molecule has 1 aliphatic heterocycles. The Balaban J connectivity index is 1.83. The van der Waals surface area contributed by atoms with Gasteiger partial charge < -0.3 is 15.3 Å². The molecule has 21 heavy (non-hydrogen) atoms. The first-order valence-electron chi connectivity index (χ1n) is 7.35. The van der Waals surface area contributed by atoms with Gasteiger partial charge in [0.05, 0.1) is 17.4 Å². The van der Waals surface area contributed by atoms with E-state index < -0.39 is 15.8 Å². The highest BCUT2D eigenvalue weighted by Crippen LogP contribution is 2.31. The van der Waals surface area contributed by atoms with Gasteiger partial charge in [-0.3, -0.25) is 4.79 Å².